The summed E-state index contributed by atoms with van der Waals surface area (Å²) in [4.78, 5) is 24.8. The van der Waals surface area contributed by atoms with E-state index >= 15 is 0 Å². The van der Waals surface area contributed by atoms with E-state index < -0.39 is 10.3 Å². The minimum atomic E-state index is -0.623. The van der Waals surface area contributed by atoms with Gasteiger partial charge in [0.15, 0.2) is 0 Å². The Kier molecular flexibility index (Phi) is 4.93. The number of hydrazine groups is 1. The van der Waals surface area contributed by atoms with Crippen molar-refractivity contribution >= 4 is 41.2 Å². The summed E-state index contributed by atoms with van der Waals surface area (Å²) in [5, 5.41) is 7.82. The molecular weight excluding hydrogens is 348 g/mol. The van der Waals surface area contributed by atoms with Crippen molar-refractivity contribution in [2.45, 2.75) is 11.3 Å². The second kappa shape index (κ2) is 6.96. The molecule has 2 aliphatic heterocycles. The van der Waals surface area contributed by atoms with Crippen molar-refractivity contribution in [3.63, 3.8) is 0 Å². The zero-order chi connectivity index (χ0) is 17.2. The fraction of sp³-hybridized carbons (Fsp3) is 0.333. The second-order valence-corrected chi connectivity index (χ2v) is 7.88. The lowest BCUT2D eigenvalue weighted by Crippen LogP contribution is -2.56. The van der Waals surface area contributed by atoms with Crippen LogP contribution in [0.15, 0.2) is 40.9 Å². The molecule has 0 aliphatic carbocycles. The molecule has 1 atom stereocenters. The van der Waals surface area contributed by atoms with Crippen molar-refractivity contribution < 1.29 is 14.3 Å². The Labute approximate surface area is 148 Å². The SMILES string of the molecule is COC(=O)C1=C(C)N(NC(=O)Nc2ccccc2)C2(NCCS2)S1. The minimum Gasteiger partial charge on any atom is -0.465 e. The molecule has 3 N–H and O–H groups in total. The van der Waals surface area contributed by atoms with E-state index in [-0.39, 0.29) is 6.03 Å². The predicted octanol–water partition coefficient (Wildman–Crippen LogP) is 2.12. The summed E-state index contributed by atoms with van der Waals surface area (Å²) in [7, 11) is 1.35. The Morgan fingerprint density at radius 3 is 2.71 bits per heavy atom. The standard InChI is InChI=1S/C15H18N4O3S2/c1-10-12(13(20)22-2)24-15(16-8-9-23-15)19(10)18-14(21)17-11-6-4-3-5-7-11/h3-7,16H,8-9H2,1-2H3,(H2,17,18,21). The molecule has 0 bridgehead atoms. The van der Waals surface area contributed by atoms with Gasteiger partial charge in [0.2, 0.25) is 4.33 Å². The highest BCUT2D eigenvalue weighted by molar-refractivity contribution is 8.20. The smallest absolute Gasteiger partial charge is 0.346 e. The molecule has 2 amide bonds. The Bertz CT molecular complexity index is 675. The van der Waals surface area contributed by atoms with Crippen molar-refractivity contribution in [2.24, 2.45) is 0 Å². The molecule has 7 nitrogen and oxygen atoms in total. The third-order valence-electron chi connectivity index (χ3n) is 3.56. The molecule has 1 aromatic carbocycles. The number of rotatable bonds is 3. The summed E-state index contributed by atoms with van der Waals surface area (Å²) in [5.41, 5.74) is 4.17. The number of hydrogen-bond donors (Lipinski definition) is 3. The molecule has 2 aliphatic rings. The number of para-hydroxylation sites is 1. The number of amides is 2. The zero-order valence-corrected chi connectivity index (χ0v) is 14.9. The fourth-order valence-electron chi connectivity index (χ4n) is 2.46. The first-order chi connectivity index (χ1) is 11.6. The first-order valence-electron chi connectivity index (χ1n) is 7.36. The number of nitrogens with one attached hydrogen (secondary N) is 3. The second-order valence-electron chi connectivity index (χ2n) is 5.13. The van der Waals surface area contributed by atoms with Gasteiger partial charge in [-0.1, -0.05) is 30.0 Å². The number of anilines is 1. The molecule has 0 aromatic heterocycles. The third-order valence-corrected chi connectivity index (χ3v) is 6.56. The number of hydrogen-bond acceptors (Lipinski definition) is 7. The lowest BCUT2D eigenvalue weighted by atomic mass is 10.3. The van der Waals surface area contributed by atoms with Crippen LogP contribution in [0.2, 0.25) is 0 Å². The average molecular weight is 366 g/mol. The van der Waals surface area contributed by atoms with Crippen LogP contribution in [0, 0.1) is 0 Å². The van der Waals surface area contributed by atoms with Crippen LogP contribution in [0.3, 0.4) is 0 Å². The first kappa shape index (κ1) is 17.0. The monoisotopic (exact) mass is 366 g/mol. The van der Waals surface area contributed by atoms with Crippen LogP contribution in [0.1, 0.15) is 6.92 Å². The molecule has 1 aromatic rings. The van der Waals surface area contributed by atoms with Gasteiger partial charge in [-0.3, -0.25) is 5.32 Å². The fourth-order valence-corrected chi connectivity index (χ4v) is 5.32. The average Bonchev–Trinajstić information content (AvgIpc) is 3.16. The number of thioether (sulfide) groups is 2. The minimum absolute atomic E-state index is 0.374. The first-order valence-corrected chi connectivity index (χ1v) is 9.16. The number of allylic oxidation sites excluding steroid dienone is 1. The van der Waals surface area contributed by atoms with E-state index in [2.05, 4.69) is 16.1 Å². The van der Waals surface area contributed by atoms with Gasteiger partial charge in [0.1, 0.15) is 4.91 Å². The van der Waals surface area contributed by atoms with E-state index in [9.17, 15) is 9.59 Å². The molecule has 0 saturated carbocycles. The number of carbonyl (C=O) groups excluding carboxylic acids is 2. The summed E-state index contributed by atoms with van der Waals surface area (Å²) in [6, 6.07) is 8.80. The molecular formula is C15H18N4O3S2. The Balaban J connectivity index is 1.79. The predicted molar refractivity (Wildman–Crippen MR) is 95.9 cm³/mol. The van der Waals surface area contributed by atoms with Gasteiger partial charge in [0.05, 0.1) is 12.8 Å². The molecule has 1 fully saturated rings. The summed E-state index contributed by atoms with van der Waals surface area (Å²) in [5.74, 6) is 0.478. The summed E-state index contributed by atoms with van der Waals surface area (Å²) < 4.78 is 4.22. The van der Waals surface area contributed by atoms with Crippen LogP contribution in [-0.2, 0) is 9.53 Å². The molecule has 0 radical (unpaired) electrons. The highest BCUT2D eigenvalue weighted by Gasteiger charge is 2.50. The number of benzene rings is 1. The number of ether oxygens (including phenoxy) is 1. The van der Waals surface area contributed by atoms with Gasteiger partial charge in [0, 0.05) is 18.0 Å². The van der Waals surface area contributed by atoms with Crippen molar-refractivity contribution in [1.29, 1.82) is 0 Å². The van der Waals surface area contributed by atoms with Gasteiger partial charge in [-0.25, -0.2) is 20.0 Å². The van der Waals surface area contributed by atoms with Crippen LogP contribution >= 0.6 is 23.5 Å². The highest BCUT2D eigenvalue weighted by atomic mass is 32.2. The summed E-state index contributed by atoms with van der Waals surface area (Å²) in [6.07, 6.45) is 0. The van der Waals surface area contributed by atoms with Crippen molar-refractivity contribution in [3.8, 4) is 0 Å². The molecule has 24 heavy (non-hydrogen) atoms. The van der Waals surface area contributed by atoms with Gasteiger partial charge in [-0.15, -0.1) is 11.8 Å². The van der Waals surface area contributed by atoms with Crippen LogP contribution in [0.5, 0.6) is 0 Å². The zero-order valence-electron chi connectivity index (χ0n) is 13.3. The van der Waals surface area contributed by atoms with Gasteiger partial charge < -0.3 is 10.1 Å². The largest absolute Gasteiger partial charge is 0.465 e. The number of urea groups is 1. The van der Waals surface area contributed by atoms with E-state index in [0.29, 0.717) is 16.3 Å². The molecule has 3 rings (SSSR count). The molecule has 1 spiro atoms. The van der Waals surface area contributed by atoms with E-state index in [1.807, 2.05) is 18.2 Å². The number of methoxy groups -OCH3 is 1. The number of esters is 1. The lowest BCUT2D eigenvalue weighted by molar-refractivity contribution is -0.135. The van der Waals surface area contributed by atoms with Crippen molar-refractivity contribution in [3.05, 3.63) is 40.9 Å². The van der Waals surface area contributed by atoms with Crippen LogP contribution in [0.4, 0.5) is 10.5 Å². The van der Waals surface area contributed by atoms with Crippen LogP contribution in [0.25, 0.3) is 0 Å². The van der Waals surface area contributed by atoms with E-state index in [4.69, 9.17) is 4.74 Å². The maximum absolute atomic E-state index is 12.4. The summed E-state index contributed by atoms with van der Waals surface area (Å²) in [6.45, 7) is 2.58. The topological polar surface area (TPSA) is 82.7 Å². The number of nitrogens with zero attached hydrogens (tertiary/aromatic N) is 1. The van der Waals surface area contributed by atoms with E-state index in [0.717, 1.165) is 12.3 Å². The summed E-state index contributed by atoms with van der Waals surface area (Å²) >= 11 is 2.99. The van der Waals surface area contributed by atoms with E-state index in [1.165, 1.54) is 18.9 Å². The molecule has 128 valence electrons. The van der Waals surface area contributed by atoms with Crippen molar-refractivity contribution in [1.82, 2.24) is 15.8 Å². The molecule has 1 unspecified atom stereocenters. The van der Waals surface area contributed by atoms with Gasteiger partial charge in [-0.2, -0.15) is 0 Å². The normalized spacial score (nSPS) is 22.8. The highest BCUT2D eigenvalue weighted by Crippen LogP contribution is 2.52. The maximum atomic E-state index is 12.4. The Morgan fingerprint density at radius 1 is 1.33 bits per heavy atom. The quantitative estimate of drug-likeness (QED) is 0.707. The Morgan fingerprint density at radius 2 is 2.08 bits per heavy atom. The number of carbonyl (C=O) groups is 2. The Hall–Kier alpha value is -1.84. The molecule has 1 saturated heterocycles. The molecule has 2 heterocycles. The maximum Gasteiger partial charge on any atom is 0.346 e. The van der Waals surface area contributed by atoms with E-state index in [1.54, 1.807) is 35.8 Å². The van der Waals surface area contributed by atoms with Crippen LogP contribution < -0.4 is 16.1 Å². The lowest BCUT2D eigenvalue weighted by Gasteiger charge is -2.35. The van der Waals surface area contributed by atoms with Gasteiger partial charge in [0.25, 0.3) is 0 Å². The molecule has 9 heteroatoms. The van der Waals surface area contributed by atoms with Gasteiger partial charge >= 0.3 is 12.0 Å². The third kappa shape index (κ3) is 3.19. The van der Waals surface area contributed by atoms with Gasteiger partial charge in [-0.05, 0) is 19.1 Å². The van der Waals surface area contributed by atoms with Crippen LogP contribution in [-0.4, -0.2) is 40.7 Å². The van der Waals surface area contributed by atoms with Crippen molar-refractivity contribution in [2.75, 3.05) is 24.7 Å².